The van der Waals surface area contributed by atoms with E-state index in [0.717, 1.165) is 0 Å². The summed E-state index contributed by atoms with van der Waals surface area (Å²) in [6.45, 7) is 1.19. The molecule has 0 unspecified atom stereocenters. The number of hydrogen-bond acceptors (Lipinski definition) is 13. The second kappa shape index (κ2) is 24.3. The van der Waals surface area contributed by atoms with Gasteiger partial charge in [-0.3, -0.25) is 4.55 Å². The molecule has 168 valence electrons. The average molecular weight is 446 g/mol. The molecule has 1 fully saturated rings. The second-order valence-electron chi connectivity index (χ2n) is 3.37. The first-order valence-corrected chi connectivity index (χ1v) is 9.04. The molecule has 17 heteroatoms. The number of carbonyl (C=O) groups excluding carboxylic acids is 3. The summed E-state index contributed by atoms with van der Waals surface area (Å²) in [4.78, 5) is 26.2. The van der Waals surface area contributed by atoms with Gasteiger partial charge < -0.3 is 27.7 Å². The van der Waals surface area contributed by atoms with Crippen molar-refractivity contribution in [2.24, 2.45) is 17.4 Å². The lowest BCUT2D eigenvalue weighted by molar-refractivity contribution is -0.191. The fourth-order valence-corrected chi connectivity index (χ4v) is 1.37. The fourth-order valence-electron chi connectivity index (χ4n) is 0.689. The van der Waals surface area contributed by atoms with Crippen molar-refractivity contribution in [1.82, 2.24) is 11.5 Å². The van der Waals surface area contributed by atoms with Crippen LogP contribution in [0.5, 0.6) is 0 Å². The molecular formula is C10H31N5O10S2. The largest absolute Gasteiger partial charge is 0.448 e. The summed E-state index contributed by atoms with van der Waals surface area (Å²) in [5, 5.41) is 2.46. The molecule has 27 heavy (non-hydrogen) atoms. The first-order chi connectivity index (χ1) is 11.0. The lowest BCUT2D eigenvalue weighted by Crippen LogP contribution is -2.20. The Morgan fingerprint density at radius 1 is 1.11 bits per heavy atom. The van der Waals surface area contributed by atoms with E-state index in [1.54, 1.807) is 0 Å². The van der Waals surface area contributed by atoms with Gasteiger partial charge >= 0.3 is 12.2 Å². The molecule has 1 rings (SSSR count). The highest BCUT2D eigenvalue weighted by molar-refractivity contribution is 7.86. The van der Waals surface area contributed by atoms with Crippen molar-refractivity contribution in [3.63, 3.8) is 0 Å². The highest BCUT2D eigenvalue weighted by Crippen LogP contribution is 1.83. The molecule has 0 aromatic carbocycles. The number of ether oxygens (including phenoxy) is 1. The van der Waals surface area contributed by atoms with Crippen molar-refractivity contribution in [3.8, 4) is 0 Å². The van der Waals surface area contributed by atoms with Crippen LogP contribution in [-0.2, 0) is 38.8 Å². The zero-order chi connectivity index (χ0) is 19.6. The number of nitrogens with two attached hydrogens (primary N) is 3. The van der Waals surface area contributed by atoms with Crippen LogP contribution in [0.25, 0.3) is 0 Å². The SMILES string of the molecule is C.C.N.NCCS(=O)(=O)O.NCCS(=O)(=O)ON.O=C1NCCO1.O=C=O. The van der Waals surface area contributed by atoms with Gasteiger partial charge in [0.15, 0.2) is 0 Å². The molecule has 15 nitrogen and oxygen atoms in total. The normalized spacial score (nSPS) is 11.2. The average Bonchev–Trinajstić information content (AvgIpc) is 2.91. The molecule has 1 heterocycles. The summed E-state index contributed by atoms with van der Waals surface area (Å²) >= 11 is 0. The van der Waals surface area contributed by atoms with E-state index in [-0.39, 0.29) is 57.8 Å². The first kappa shape index (κ1) is 40.1. The van der Waals surface area contributed by atoms with Crippen LogP contribution in [0.2, 0.25) is 0 Å². The van der Waals surface area contributed by atoms with Crippen LogP contribution in [-0.4, -0.2) is 71.4 Å². The van der Waals surface area contributed by atoms with Crippen molar-refractivity contribution in [3.05, 3.63) is 0 Å². The van der Waals surface area contributed by atoms with Crippen LogP contribution in [0, 0.1) is 0 Å². The van der Waals surface area contributed by atoms with Gasteiger partial charge in [0.1, 0.15) is 6.61 Å². The van der Waals surface area contributed by atoms with Crippen molar-refractivity contribution in [2.45, 2.75) is 14.9 Å². The van der Waals surface area contributed by atoms with Crippen molar-refractivity contribution in [1.29, 1.82) is 0 Å². The second-order valence-corrected chi connectivity index (χ2v) is 6.66. The van der Waals surface area contributed by atoms with E-state index in [1.165, 1.54) is 0 Å². The monoisotopic (exact) mass is 445 g/mol. The zero-order valence-corrected chi connectivity index (χ0v) is 14.8. The minimum absolute atomic E-state index is 0. The van der Waals surface area contributed by atoms with Crippen molar-refractivity contribution >= 4 is 32.5 Å². The minimum Gasteiger partial charge on any atom is -0.448 e. The highest BCUT2D eigenvalue weighted by atomic mass is 32.2. The lowest BCUT2D eigenvalue weighted by atomic mass is 10.7. The Hall–Kier alpha value is -1.69. The Morgan fingerprint density at radius 2 is 1.52 bits per heavy atom. The van der Waals surface area contributed by atoms with Crippen LogP contribution in [0.4, 0.5) is 4.79 Å². The molecule has 1 amide bonds. The fraction of sp³-hybridized carbons (Fsp3) is 0.800. The first-order valence-electron chi connectivity index (χ1n) is 5.85. The molecule has 0 atom stereocenters. The molecule has 0 spiro atoms. The number of cyclic esters (lactones) is 1. The summed E-state index contributed by atoms with van der Waals surface area (Å²) in [6.07, 6.45) is -0.0463. The maximum Gasteiger partial charge on any atom is 0.407 e. The predicted molar refractivity (Wildman–Crippen MR) is 96.4 cm³/mol. The molecule has 0 saturated carbocycles. The van der Waals surface area contributed by atoms with Gasteiger partial charge in [-0.25, -0.2) is 4.79 Å². The highest BCUT2D eigenvalue weighted by Gasteiger charge is 2.06. The van der Waals surface area contributed by atoms with E-state index in [0.29, 0.717) is 13.2 Å². The van der Waals surface area contributed by atoms with E-state index < -0.39 is 20.2 Å². The zero-order valence-electron chi connectivity index (χ0n) is 13.1. The molecule has 0 bridgehead atoms. The quantitative estimate of drug-likeness (QED) is 0.189. The standard InChI is InChI=1S/C3H5NO2.C2H8N2O3S.C2H7NO3S.CO2.2CH4.H3N/c5-3-4-1-2-6-3;3-1-2-8(5,6)7-4;3-1-2-7(4,5)6;2-1-3;;;/h1-2H2,(H,4,5);1-4H2;1-3H2,(H,4,5,6);;2*1H4;1H3. The maximum atomic E-state index is 10.2. The molecule has 0 aliphatic carbocycles. The van der Waals surface area contributed by atoms with Gasteiger partial charge in [-0.2, -0.15) is 36.6 Å². The van der Waals surface area contributed by atoms with Gasteiger partial charge in [-0.15, -0.1) is 0 Å². The van der Waals surface area contributed by atoms with E-state index in [2.05, 4.69) is 20.2 Å². The topological polar surface area (TPSA) is 283 Å². The third-order valence-corrected chi connectivity index (χ3v) is 3.28. The van der Waals surface area contributed by atoms with Gasteiger partial charge in [0.05, 0.1) is 18.1 Å². The van der Waals surface area contributed by atoms with Gasteiger partial charge in [0, 0.05) is 13.1 Å². The van der Waals surface area contributed by atoms with E-state index in [9.17, 15) is 21.6 Å². The van der Waals surface area contributed by atoms with Crippen LogP contribution < -0.4 is 28.8 Å². The van der Waals surface area contributed by atoms with Crippen molar-refractivity contribution in [2.75, 3.05) is 37.7 Å². The Kier molecular flexibility index (Phi) is 36.1. The third kappa shape index (κ3) is 45.5. The van der Waals surface area contributed by atoms with Gasteiger partial charge in [0.2, 0.25) is 0 Å². The lowest BCUT2D eigenvalue weighted by Gasteiger charge is -1.93. The Bertz CT molecular complexity index is 553. The molecule has 0 aromatic rings. The molecule has 0 radical (unpaired) electrons. The van der Waals surface area contributed by atoms with Crippen LogP contribution in [0.3, 0.4) is 0 Å². The maximum absolute atomic E-state index is 10.2. The van der Waals surface area contributed by atoms with Crippen LogP contribution in [0.15, 0.2) is 0 Å². The Labute approximate surface area is 159 Å². The number of carbonyl (C=O) groups is 1. The minimum atomic E-state index is -3.80. The molecular weight excluding hydrogens is 414 g/mol. The van der Waals surface area contributed by atoms with E-state index in [1.807, 2.05) is 0 Å². The van der Waals surface area contributed by atoms with Gasteiger partial charge in [-0.05, 0) is 0 Å². The van der Waals surface area contributed by atoms with Crippen LogP contribution >= 0.6 is 0 Å². The predicted octanol–water partition coefficient (Wildman–Crippen LogP) is -2.42. The molecule has 1 aliphatic heterocycles. The number of nitrogens with one attached hydrogen (secondary N) is 1. The number of hydrogen-bond donors (Lipinski definition) is 6. The van der Waals surface area contributed by atoms with Gasteiger partial charge in [0.25, 0.3) is 20.2 Å². The Balaban J connectivity index is -0.0000000545. The third-order valence-electron chi connectivity index (χ3n) is 1.49. The Morgan fingerprint density at radius 3 is 1.59 bits per heavy atom. The smallest absolute Gasteiger partial charge is 0.407 e. The molecule has 11 N–H and O–H groups in total. The summed E-state index contributed by atoms with van der Waals surface area (Å²) < 4.78 is 55.6. The summed E-state index contributed by atoms with van der Waals surface area (Å²) in [6, 6.07) is 0. The van der Waals surface area contributed by atoms with Gasteiger partial charge in [-0.1, -0.05) is 14.9 Å². The number of alkyl carbamates (subject to hydrolysis) is 1. The van der Waals surface area contributed by atoms with Crippen LogP contribution in [0.1, 0.15) is 14.9 Å². The number of rotatable bonds is 5. The molecule has 0 aromatic heterocycles. The molecule has 1 saturated heterocycles. The summed E-state index contributed by atoms with van der Waals surface area (Å²) in [7, 11) is -7.32. The summed E-state index contributed by atoms with van der Waals surface area (Å²) in [5.74, 6) is 3.76. The summed E-state index contributed by atoms with van der Waals surface area (Å²) in [5.41, 5.74) is 9.65. The van der Waals surface area contributed by atoms with Crippen molar-refractivity contribution < 1.29 is 44.8 Å². The molecule has 1 aliphatic rings. The van der Waals surface area contributed by atoms with E-state index in [4.69, 9.17) is 25.6 Å². The van der Waals surface area contributed by atoms with E-state index >= 15 is 0 Å². The number of amides is 1.